The van der Waals surface area contributed by atoms with Gasteiger partial charge in [-0.1, -0.05) is 12.1 Å². The van der Waals surface area contributed by atoms with Crippen molar-refractivity contribution in [3.8, 4) is 11.5 Å². The lowest BCUT2D eigenvalue weighted by Crippen LogP contribution is -2.43. The van der Waals surface area contributed by atoms with E-state index in [-0.39, 0.29) is 17.9 Å². The molecule has 184 valence electrons. The molecule has 0 saturated carbocycles. The number of carbonyl (C=O) groups is 3. The summed E-state index contributed by atoms with van der Waals surface area (Å²) in [6.07, 6.45) is -2.02. The van der Waals surface area contributed by atoms with Crippen LogP contribution in [0.3, 0.4) is 0 Å². The number of likely N-dealkylation sites (tertiary alicyclic amines) is 1. The van der Waals surface area contributed by atoms with Crippen molar-refractivity contribution in [2.24, 2.45) is 0 Å². The van der Waals surface area contributed by atoms with E-state index in [0.29, 0.717) is 42.3 Å². The van der Waals surface area contributed by atoms with Crippen LogP contribution in [0.2, 0.25) is 0 Å². The van der Waals surface area contributed by atoms with Crippen LogP contribution in [0.25, 0.3) is 6.08 Å². The van der Waals surface area contributed by atoms with E-state index in [1.807, 2.05) is 0 Å². The van der Waals surface area contributed by atoms with Gasteiger partial charge in [0.25, 0.3) is 11.1 Å². The highest BCUT2D eigenvalue weighted by Gasteiger charge is 2.31. The Labute approximate surface area is 202 Å². The Morgan fingerprint density at radius 1 is 1.03 bits per heavy atom. The molecule has 2 aromatic carbocycles. The van der Waals surface area contributed by atoms with Crippen molar-refractivity contribution in [3.63, 3.8) is 0 Å². The summed E-state index contributed by atoms with van der Waals surface area (Å²) in [6.45, 7) is 0.909. The van der Waals surface area contributed by atoms with Gasteiger partial charge in [-0.25, -0.2) is 4.79 Å². The SMILES string of the molecule is O=C1NC(=O)C(=Cc2ccc(OC3CCN(C(=O)Nc4ccc(OC(F)(F)F)cc4)CC3)cc2)S1. The van der Waals surface area contributed by atoms with Gasteiger partial charge in [0.2, 0.25) is 0 Å². The summed E-state index contributed by atoms with van der Waals surface area (Å²) < 4.78 is 46.5. The molecule has 4 rings (SSSR count). The number of halogens is 3. The fourth-order valence-corrected chi connectivity index (χ4v) is 4.21. The van der Waals surface area contributed by atoms with Crippen molar-refractivity contribution in [2.75, 3.05) is 18.4 Å². The molecule has 8 nitrogen and oxygen atoms in total. The maximum Gasteiger partial charge on any atom is 0.573 e. The van der Waals surface area contributed by atoms with E-state index in [0.717, 1.165) is 29.5 Å². The van der Waals surface area contributed by atoms with E-state index in [9.17, 15) is 27.6 Å². The number of piperidine rings is 1. The van der Waals surface area contributed by atoms with Crippen molar-refractivity contribution in [3.05, 3.63) is 59.0 Å². The van der Waals surface area contributed by atoms with E-state index in [2.05, 4.69) is 15.4 Å². The predicted octanol–water partition coefficient (Wildman–Crippen LogP) is 4.98. The van der Waals surface area contributed by atoms with Gasteiger partial charge in [0.1, 0.15) is 17.6 Å². The summed E-state index contributed by atoms with van der Waals surface area (Å²) in [4.78, 5) is 37.3. The number of nitrogens with one attached hydrogen (secondary N) is 2. The normalized spacial score (nSPS) is 17.9. The van der Waals surface area contributed by atoms with Gasteiger partial charge in [-0.05, 0) is 59.8 Å². The van der Waals surface area contributed by atoms with Gasteiger partial charge in [-0.3, -0.25) is 14.9 Å². The number of hydrogen-bond donors (Lipinski definition) is 2. The molecule has 2 aromatic rings. The Morgan fingerprint density at radius 3 is 2.23 bits per heavy atom. The van der Waals surface area contributed by atoms with Crippen LogP contribution >= 0.6 is 11.8 Å². The van der Waals surface area contributed by atoms with E-state index in [1.54, 1.807) is 35.2 Å². The number of imide groups is 1. The number of urea groups is 1. The zero-order valence-electron chi connectivity index (χ0n) is 18.1. The van der Waals surface area contributed by atoms with Gasteiger partial charge in [0.15, 0.2) is 0 Å². The second-order valence-electron chi connectivity index (χ2n) is 7.73. The summed E-state index contributed by atoms with van der Waals surface area (Å²) in [5.41, 5.74) is 1.12. The molecular formula is C23H20F3N3O5S. The number of nitrogens with zero attached hydrogens (tertiary/aromatic N) is 1. The van der Waals surface area contributed by atoms with Crippen molar-refractivity contribution < 1.29 is 37.0 Å². The molecule has 0 atom stereocenters. The molecule has 0 aromatic heterocycles. The molecule has 12 heteroatoms. The highest BCUT2D eigenvalue weighted by Crippen LogP contribution is 2.27. The first-order chi connectivity index (χ1) is 16.6. The lowest BCUT2D eigenvalue weighted by Gasteiger charge is -2.32. The van der Waals surface area contributed by atoms with Crippen molar-refractivity contribution >= 4 is 40.7 Å². The zero-order valence-corrected chi connectivity index (χ0v) is 18.9. The third kappa shape index (κ3) is 6.92. The average molecular weight is 507 g/mol. The fourth-order valence-electron chi connectivity index (χ4n) is 3.53. The van der Waals surface area contributed by atoms with Crippen LogP contribution in [0, 0.1) is 0 Å². The Kier molecular flexibility index (Phi) is 7.20. The van der Waals surface area contributed by atoms with Gasteiger partial charge in [0, 0.05) is 31.6 Å². The minimum absolute atomic E-state index is 0.0872. The van der Waals surface area contributed by atoms with Crippen LogP contribution in [0.5, 0.6) is 11.5 Å². The molecule has 0 aliphatic carbocycles. The van der Waals surface area contributed by atoms with Crippen LogP contribution in [0.1, 0.15) is 18.4 Å². The molecular weight excluding hydrogens is 487 g/mol. The van der Waals surface area contributed by atoms with Crippen LogP contribution in [-0.2, 0) is 4.79 Å². The molecule has 0 radical (unpaired) electrons. The molecule has 2 N–H and O–H groups in total. The standard InChI is InChI=1S/C23H20F3N3O5S/c24-23(25,26)34-18-7-3-15(4-8-18)27-21(31)29-11-9-17(10-12-29)33-16-5-1-14(2-6-16)13-19-20(30)28-22(32)35-19/h1-8,13,17H,9-12H2,(H,27,31)(H,28,30,32). The number of benzene rings is 2. The molecule has 2 saturated heterocycles. The second kappa shape index (κ2) is 10.3. The first-order valence-corrected chi connectivity index (χ1v) is 11.4. The lowest BCUT2D eigenvalue weighted by molar-refractivity contribution is -0.274. The number of amides is 4. The number of carbonyl (C=O) groups excluding carboxylic acids is 3. The third-order valence-corrected chi connectivity index (χ3v) is 6.00. The minimum Gasteiger partial charge on any atom is -0.490 e. The highest BCUT2D eigenvalue weighted by molar-refractivity contribution is 8.18. The molecule has 35 heavy (non-hydrogen) atoms. The van der Waals surface area contributed by atoms with Gasteiger partial charge in [-0.2, -0.15) is 0 Å². The van der Waals surface area contributed by atoms with E-state index in [4.69, 9.17) is 4.74 Å². The van der Waals surface area contributed by atoms with Crippen LogP contribution in [0.4, 0.5) is 28.4 Å². The number of rotatable bonds is 5. The summed E-state index contributed by atoms with van der Waals surface area (Å²) in [5.74, 6) is -0.129. The van der Waals surface area contributed by atoms with Crippen LogP contribution in [-0.4, -0.2) is 47.6 Å². The monoisotopic (exact) mass is 507 g/mol. The van der Waals surface area contributed by atoms with Crippen LogP contribution < -0.4 is 20.1 Å². The molecule has 2 aliphatic heterocycles. The summed E-state index contributed by atoms with van der Waals surface area (Å²) in [6, 6.07) is 11.7. The molecule has 2 fully saturated rings. The van der Waals surface area contributed by atoms with Gasteiger partial charge in [-0.15, -0.1) is 13.2 Å². The maximum absolute atomic E-state index is 12.5. The van der Waals surface area contributed by atoms with Gasteiger partial charge >= 0.3 is 12.4 Å². The summed E-state index contributed by atoms with van der Waals surface area (Å²) in [5, 5.41) is 4.47. The first-order valence-electron chi connectivity index (χ1n) is 10.6. The number of thioether (sulfide) groups is 1. The quantitative estimate of drug-likeness (QED) is 0.554. The number of hydrogen-bond acceptors (Lipinski definition) is 6. The molecule has 0 spiro atoms. The molecule has 0 unspecified atom stereocenters. The molecule has 0 bridgehead atoms. The Bertz CT molecular complexity index is 1130. The number of alkyl halides is 3. The van der Waals surface area contributed by atoms with E-state index in [1.165, 1.54) is 12.1 Å². The number of anilines is 1. The molecule has 2 aliphatic rings. The zero-order chi connectivity index (χ0) is 25.0. The Hall–Kier alpha value is -3.67. The first kappa shape index (κ1) is 24.5. The number of ether oxygens (including phenoxy) is 2. The predicted molar refractivity (Wildman–Crippen MR) is 123 cm³/mol. The average Bonchev–Trinajstić information content (AvgIpc) is 3.12. The topological polar surface area (TPSA) is 97.0 Å². The highest BCUT2D eigenvalue weighted by atomic mass is 32.2. The van der Waals surface area contributed by atoms with Gasteiger partial charge < -0.3 is 19.7 Å². The summed E-state index contributed by atoms with van der Waals surface area (Å²) >= 11 is 0.853. The third-order valence-electron chi connectivity index (χ3n) is 5.19. The molecule has 2 heterocycles. The van der Waals surface area contributed by atoms with Crippen molar-refractivity contribution in [1.82, 2.24) is 10.2 Å². The minimum atomic E-state index is -4.77. The fraction of sp³-hybridized carbons (Fsp3) is 0.261. The largest absolute Gasteiger partial charge is 0.573 e. The summed E-state index contributed by atoms with van der Waals surface area (Å²) in [7, 11) is 0. The Morgan fingerprint density at radius 2 is 1.66 bits per heavy atom. The van der Waals surface area contributed by atoms with Gasteiger partial charge in [0.05, 0.1) is 4.91 Å². The second-order valence-corrected chi connectivity index (χ2v) is 8.74. The molecule has 4 amide bonds. The van der Waals surface area contributed by atoms with Crippen molar-refractivity contribution in [2.45, 2.75) is 25.3 Å². The lowest BCUT2D eigenvalue weighted by atomic mass is 10.1. The smallest absolute Gasteiger partial charge is 0.490 e. The Balaban J connectivity index is 1.23. The maximum atomic E-state index is 12.5. The van der Waals surface area contributed by atoms with E-state index >= 15 is 0 Å². The van der Waals surface area contributed by atoms with Crippen LogP contribution in [0.15, 0.2) is 53.4 Å². The van der Waals surface area contributed by atoms with Crippen molar-refractivity contribution in [1.29, 1.82) is 0 Å². The van der Waals surface area contributed by atoms with E-state index < -0.39 is 17.5 Å².